The van der Waals surface area contributed by atoms with Gasteiger partial charge in [-0.05, 0) is 36.8 Å². The van der Waals surface area contributed by atoms with Crippen molar-refractivity contribution in [1.82, 2.24) is 0 Å². The van der Waals surface area contributed by atoms with Gasteiger partial charge in [-0.25, -0.2) is 13.2 Å². The van der Waals surface area contributed by atoms with Gasteiger partial charge in [-0.15, -0.1) is 0 Å². The molecule has 2 rings (SSSR count). The maximum absolute atomic E-state index is 12.4. The van der Waals surface area contributed by atoms with Crippen molar-refractivity contribution in [2.45, 2.75) is 11.8 Å². The van der Waals surface area contributed by atoms with Gasteiger partial charge in [0, 0.05) is 6.08 Å². The van der Waals surface area contributed by atoms with Crippen LogP contribution in [0.3, 0.4) is 0 Å². The van der Waals surface area contributed by atoms with Crippen LogP contribution in [-0.2, 0) is 14.8 Å². The molecule has 2 aromatic rings. The molecule has 0 atom stereocenters. The Morgan fingerprint density at radius 2 is 1.73 bits per heavy atom. The van der Waals surface area contributed by atoms with Gasteiger partial charge in [0.15, 0.2) is 0 Å². The van der Waals surface area contributed by atoms with E-state index in [-0.39, 0.29) is 4.90 Å². The normalized spacial score (nSPS) is 11.5. The van der Waals surface area contributed by atoms with Crippen LogP contribution in [0.15, 0.2) is 59.5 Å². The number of carboxylic acids is 1. The summed E-state index contributed by atoms with van der Waals surface area (Å²) in [5, 5.41) is 8.68. The van der Waals surface area contributed by atoms with Crippen LogP contribution in [0.1, 0.15) is 11.1 Å². The Hall–Kier alpha value is -2.60. The Bertz CT molecular complexity index is 808. The quantitative estimate of drug-likeness (QED) is 0.831. The first-order valence-corrected chi connectivity index (χ1v) is 7.96. The Labute approximate surface area is 129 Å². The summed E-state index contributed by atoms with van der Waals surface area (Å²) >= 11 is 0. The number of sulfonamides is 1. The van der Waals surface area contributed by atoms with Crippen molar-refractivity contribution >= 4 is 27.8 Å². The smallest absolute Gasteiger partial charge is 0.328 e. The molecule has 0 saturated heterocycles. The lowest BCUT2D eigenvalue weighted by atomic mass is 10.2. The summed E-state index contributed by atoms with van der Waals surface area (Å²) in [5.41, 5.74) is 1.75. The second kappa shape index (κ2) is 6.44. The number of nitrogens with one attached hydrogen (secondary N) is 1. The molecule has 22 heavy (non-hydrogen) atoms. The molecule has 5 nitrogen and oxygen atoms in total. The lowest BCUT2D eigenvalue weighted by Gasteiger charge is -2.10. The maximum Gasteiger partial charge on any atom is 0.328 e. The Kier molecular flexibility index (Phi) is 4.62. The number of rotatable bonds is 5. The van der Waals surface area contributed by atoms with Gasteiger partial charge in [0.2, 0.25) is 0 Å². The van der Waals surface area contributed by atoms with E-state index in [1.165, 1.54) is 18.2 Å². The topological polar surface area (TPSA) is 83.5 Å². The van der Waals surface area contributed by atoms with Crippen LogP contribution >= 0.6 is 0 Å². The van der Waals surface area contributed by atoms with E-state index in [4.69, 9.17) is 5.11 Å². The molecule has 6 heteroatoms. The summed E-state index contributed by atoms with van der Waals surface area (Å²) in [5.74, 6) is -1.10. The molecule has 0 bridgehead atoms. The molecule has 2 aromatic carbocycles. The van der Waals surface area contributed by atoms with Gasteiger partial charge in [-0.1, -0.05) is 35.9 Å². The van der Waals surface area contributed by atoms with Crippen LogP contribution < -0.4 is 4.72 Å². The van der Waals surface area contributed by atoms with Gasteiger partial charge in [0.05, 0.1) is 10.6 Å². The van der Waals surface area contributed by atoms with Gasteiger partial charge in [0.1, 0.15) is 0 Å². The van der Waals surface area contributed by atoms with Crippen LogP contribution in [0.5, 0.6) is 0 Å². The molecule has 2 N–H and O–H groups in total. The molecule has 0 amide bonds. The van der Waals surface area contributed by atoms with Crippen molar-refractivity contribution < 1.29 is 18.3 Å². The number of carboxylic acid groups (broad SMARTS) is 1. The Morgan fingerprint density at radius 3 is 2.36 bits per heavy atom. The minimum Gasteiger partial charge on any atom is -0.478 e. The van der Waals surface area contributed by atoms with Crippen LogP contribution in [0.4, 0.5) is 5.69 Å². The number of benzene rings is 2. The fraction of sp³-hybridized carbons (Fsp3) is 0.0625. The Morgan fingerprint density at radius 1 is 1.09 bits per heavy atom. The third kappa shape index (κ3) is 3.95. The summed E-state index contributed by atoms with van der Waals surface area (Å²) in [6, 6.07) is 13.0. The van der Waals surface area contributed by atoms with Gasteiger partial charge < -0.3 is 5.11 Å². The van der Waals surface area contributed by atoms with Crippen molar-refractivity contribution in [3.63, 3.8) is 0 Å². The molecule has 0 aromatic heterocycles. The van der Waals surface area contributed by atoms with Gasteiger partial charge in [-0.2, -0.15) is 0 Å². The van der Waals surface area contributed by atoms with E-state index in [1.54, 1.807) is 36.4 Å². The fourth-order valence-electron chi connectivity index (χ4n) is 1.82. The zero-order valence-electron chi connectivity index (χ0n) is 11.9. The summed E-state index contributed by atoms with van der Waals surface area (Å²) in [6.45, 7) is 1.87. The minimum atomic E-state index is -3.72. The van der Waals surface area contributed by atoms with E-state index in [2.05, 4.69) is 4.72 Å². The molecule has 0 spiro atoms. The monoisotopic (exact) mass is 317 g/mol. The number of hydrogen-bond acceptors (Lipinski definition) is 3. The zero-order valence-corrected chi connectivity index (χ0v) is 12.7. The van der Waals surface area contributed by atoms with Gasteiger partial charge in [0.25, 0.3) is 10.0 Å². The fourth-order valence-corrected chi connectivity index (χ4v) is 2.91. The first kappa shape index (κ1) is 15.8. The van der Waals surface area contributed by atoms with Crippen LogP contribution in [0.2, 0.25) is 0 Å². The molecule has 0 aliphatic heterocycles. The number of carbonyl (C=O) groups is 1. The number of anilines is 1. The SMILES string of the molecule is Cc1ccc(S(=O)(=O)Nc2ccccc2/C=C\C(=O)O)cc1. The summed E-state index contributed by atoms with van der Waals surface area (Å²) in [7, 11) is -3.72. The lowest BCUT2D eigenvalue weighted by Crippen LogP contribution is -2.13. The van der Waals surface area contributed by atoms with Crippen molar-refractivity contribution in [2.24, 2.45) is 0 Å². The van der Waals surface area contributed by atoms with Crippen molar-refractivity contribution in [2.75, 3.05) is 4.72 Å². The predicted molar refractivity (Wildman–Crippen MR) is 85.1 cm³/mol. The molecule has 0 fully saturated rings. The highest BCUT2D eigenvalue weighted by molar-refractivity contribution is 7.92. The largest absolute Gasteiger partial charge is 0.478 e. The highest BCUT2D eigenvalue weighted by Crippen LogP contribution is 2.21. The molecule has 0 aliphatic rings. The first-order valence-electron chi connectivity index (χ1n) is 6.48. The van der Waals surface area contributed by atoms with E-state index < -0.39 is 16.0 Å². The van der Waals surface area contributed by atoms with Gasteiger partial charge >= 0.3 is 5.97 Å². The average molecular weight is 317 g/mol. The number of hydrogen-bond donors (Lipinski definition) is 2. The van der Waals surface area contributed by atoms with Crippen LogP contribution in [-0.4, -0.2) is 19.5 Å². The van der Waals surface area contributed by atoms with Crippen molar-refractivity contribution in [3.05, 3.63) is 65.7 Å². The average Bonchev–Trinajstić information content (AvgIpc) is 2.46. The molecular formula is C16H15NO4S. The molecule has 0 radical (unpaired) electrons. The van der Waals surface area contributed by atoms with E-state index in [9.17, 15) is 13.2 Å². The van der Waals surface area contributed by atoms with Crippen LogP contribution in [0, 0.1) is 6.92 Å². The van der Waals surface area contributed by atoms with Crippen molar-refractivity contribution in [1.29, 1.82) is 0 Å². The number of aliphatic carboxylic acids is 1. The zero-order chi connectivity index (χ0) is 16.2. The number of para-hydroxylation sites is 1. The van der Waals surface area contributed by atoms with Gasteiger partial charge in [-0.3, -0.25) is 4.72 Å². The molecule has 114 valence electrons. The first-order chi connectivity index (χ1) is 10.4. The summed E-state index contributed by atoms with van der Waals surface area (Å²) in [6.07, 6.45) is 2.30. The second-order valence-corrected chi connectivity index (χ2v) is 6.36. The Balaban J connectivity index is 2.34. The van der Waals surface area contributed by atoms with E-state index >= 15 is 0 Å². The van der Waals surface area contributed by atoms with Crippen LogP contribution in [0.25, 0.3) is 6.08 Å². The molecular weight excluding hydrogens is 302 g/mol. The van der Waals surface area contributed by atoms with E-state index in [1.807, 2.05) is 6.92 Å². The summed E-state index contributed by atoms with van der Waals surface area (Å²) < 4.78 is 27.2. The minimum absolute atomic E-state index is 0.148. The third-order valence-corrected chi connectivity index (χ3v) is 4.32. The highest BCUT2D eigenvalue weighted by atomic mass is 32.2. The standard InChI is InChI=1S/C16H15NO4S/c1-12-6-9-14(10-7-12)22(20,21)17-15-5-3-2-4-13(15)8-11-16(18)19/h2-11,17H,1H3,(H,18,19)/b11-8-. The highest BCUT2D eigenvalue weighted by Gasteiger charge is 2.15. The molecule has 0 heterocycles. The second-order valence-electron chi connectivity index (χ2n) is 4.68. The number of aryl methyl sites for hydroxylation is 1. The molecule has 0 saturated carbocycles. The molecule has 0 aliphatic carbocycles. The van der Waals surface area contributed by atoms with E-state index in [0.29, 0.717) is 11.3 Å². The third-order valence-electron chi connectivity index (χ3n) is 2.94. The summed E-state index contributed by atoms with van der Waals surface area (Å²) in [4.78, 5) is 10.7. The maximum atomic E-state index is 12.4. The van der Waals surface area contributed by atoms with E-state index in [0.717, 1.165) is 11.6 Å². The van der Waals surface area contributed by atoms with Crippen molar-refractivity contribution in [3.8, 4) is 0 Å². The molecule has 0 unspecified atom stereocenters. The predicted octanol–water partition coefficient (Wildman–Crippen LogP) is 2.89. The lowest BCUT2D eigenvalue weighted by molar-refractivity contribution is -0.131.